The molecule has 2 aromatic rings. The molecule has 3 nitrogen and oxygen atoms in total. The second-order valence-corrected chi connectivity index (χ2v) is 6.21. The molecular weight excluding hydrogens is 298 g/mol. The predicted octanol–water partition coefficient (Wildman–Crippen LogP) is 4.30. The van der Waals surface area contributed by atoms with Crippen LogP contribution in [0.15, 0.2) is 42.5 Å². The van der Waals surface area contributed by atoms with Crippen molar-refractivity contribution in [2.24, 2.45) is 0 Å². The van der Waals surface area contributed by atoms with E-state index in [9.17, 15) is 0 Å². The summed E-state index contributed by atoms with van der Waals surface area (Å²) in [6.45, 7) is 10.6. The molecule has 0 heterocycles. The fourth-order valence-corrected chi connectivity index (χ4v) is 2.67. The normalized spacial score (nSPS) is 12.0. The van der Waals surface area contributed by atoms with Crippen LogP contribution in [0.1, 0.15) is 30.5 Å². The van der Waals surface area contributed by atoms with Crippen molar-refractivity contribution in [3.8, 4) is 11.5 Å². The maximum absolute atomic E-state index is 5.84. The molecule has 0 aliphatic rings. The first kappa shape index (κ1) is 18.3. The van der Waals surface area contributed by atoms with Gasteiger partial charge in [0.1, 0.15) is 6.61 Å². The molecule has 1 N–H and O–H groups in total. The average Bonchev–Trinajstić information content (AvgIpc) is 2.57. The Morgan fingerprint density at radius 2 is 1.67 bits per heavy atom. The summed E-state index contributed by atoms with van der Waals surface area (Å²) < 4.78 is 11.4. The van der Waals surface area contributed by atoms with Crippen molar-refractivity contribution in [2.75, 3.05) is 19.8 Å². The van der Waals surface area contributed by atoms with Gasteiger partial charge in [0.25, 0.3) is 0 Å². The summed E-state index contributed by atoms with van der Waals surface area (Å²) in [6.07, 6.45) is 1.02. The van der Waals surface area contributed by atoms with Crippen molar-refractivity contribution < 1.29 is 9.47 Å². The fraction of sp³-hybridized carbons (Fsp3) is 0.429. The van der Waals surface area contributed by atoms with Crippen LogP contribution in [0, 0.1) is 13.8 Å². The van der Waals surface area contributed by atoms with Crippen molar-refractivity contribution >= 4 is 0 Å². The highest BCUT2D eigenvalue weighted by Gasteiger charge is 2.06. The molecular formula is C21H29NO2. The molecule has 1 atom stereocenters. The Balaban J connectivity index is 1.74. The van der Waals surface area contributed by atoms with E-state index in [1.165, 1.54) is 16.7 Å². The van der Waals surface area contributed by atoms with Gasteiger partial charge in [-0.2, -0.15) is 0 Å². The van der Waals surface area contributed by atoms with Crippen molar-refractivity contribution in [1.29, 1.82) is 0 Å². The zero-order valence-corrected chi connectivity index (χ0v) is 15.3. The second kappa shape index (κ2) is 9.33. The lowest BCUT2D eigenvalue weighted by molar-refractivity contribution is 0.272. The van der Waals surface area contributed by atoms with Gasteiger partial charge < -0.3 is 14.8 Å². The Kier molecular flexibility index (Phi) is 7.13. The lowest BCUT2D eigenvalue weighted by Gasteiger charge is -2.16. The van der Waals surface area contributed by atoms with Crippen LogP contribution in [0.3, 0.4) is 0 Å². The van der Waals surface area contributed by atoms with E-state index < -0.39 is 0 Å². The molecule has 0 aliphatic carbocycles. The number of para-hydroxylation sites is 2. The van der Waals surface area contributed by atoms with Crippen LogP contribution < -0.4 is 14.8 Å². The molecule has 3 heteroatoms. The van der Waals surface area contributed by atoms with Gasteiger partial charge in [-0.25, -0.2) is 0 Å². The lowest BCUT2D eigenvalue weighted by Crippen LogP contribution is -2.31. The molecule has 130 valence electrons. The molecule has 2 aromatic carbocycles. The van der Waals surface area contributed by atoms with Gasteiger partial charge in [0, 0.05) is 12.6 Å². The minimum atomic E-state index is 0.415. The minimum absolute atomic E-state index is 0.415. The summed E-state index contributed by atoms with van der Waals surface area (Å²) in [5, 5.41) is 3.52. The van der Waals surface area contributed by atoms with E-state index in [2.05, 4.69) is 44.3 Å². The number of ether oxygens (including phenoxy) is 2. The van der Waals surface area contributed by atoms with Crippen molar-refractivity contribution in [2.45, 2.75) is 40.2 Å². The van der Waals surface area contributed by atoms with E-state index >= 15 is 0 Å². The van der Waals surface area contributed by atoms with Crippen molar-refractivity contribution in [1.82, 2.24) is 5.32 Å². The molecule has 0 amide bonds. The topological polar surface area (TPSA) is 30.5 Å². The molecule has 0 saturated heterocycles. The summed E-state index contributed by atoms with van der Waals surface area (Å²) in [4.78, 5) is 0. The van der Waals surface area contributed by atoms with E-state index in [1.54, 1.807) is 0 Å². The van der Waals surface area contributed by atoms with Gasteiger partial charge in [0.2, 0.25) is 0 Å². The highest BCUT2D eigenvalue weighted by atomic mass is 16.5. The Bertz CT molecular complexity index is 639. The van der Waals surface area contributed by atoms with E-state index in [0.717, 1.165) is 24.5 Å². The van der Waals surface area contributed by atoms with Crippen molar-refractivity contribution in [3.63, 3.8) is 0 Å². The highest BCUT2D eigenvalue weighted by Crippen LogP contribution is 2.26. The number of benzene rings is 2. The van der Waals surface area contributed by atoms with Gasteiger partial charge >= 0.3 is 0 Å². The number of hydrogen-bond donors (Lipinski definition) is 1. The minimum Gasteiger partial charge on any atom is -0.490 e. The molecule has 0 bridgehead atoms. The van der Waals surface area contributed by atoms with E-state index in [-0.39, 0.29) is 0 Å². The van der Waals surface area contributed by atoms with Gasteiger partial charge in [-0.15, -0.1) is 0 Å². The first-order chi connectivity index (χ1) is 11.6. The van der Waals surface area contributed by atoms with Gasteiger partial charge in [0.15, 0.2) is 11.5 Å². The molecule has 0 aliphatic heterocycles. The molecule has 2 rings (SSSR count). The molecule has 0 spiro atoms. The number of aryl methyl sites for hydroxylation is 2. The second-order valence-electron chi connectivity index (χ2n) is 6.21. The summed E-state index contributed by atoms with van der Waals surface area (Å²) in [5.41, 5.74) is 4.08. The van der Waals surface area contributed by atoms with Gasteiger partial charge in [-0.1, -0.05) is 30.3 Å². The van der Waals surface area contributed by atoms with Crippen LogP contribution in [-0.4, -0.2) is 25.8 Å². The quantitative estimate of drug-likeness (QED) is 0.697. The monoisotopic (exact) mass is 327 g/mol. The summed E-state index contributed by atoms with van der Waals surface area (Å²) in [6, 6.07) is 14.9. The maximum atomic E-state index is 5.84. The van der Waals surface area contributed by atoms with Gasteiger partial charge in [-0.05, 0) is 62.9 Å². The van der Waals surface area contributed by atoms with Crippen LogP contribution in [0.5, 0.6) is 11.5 Å². The largest absolute Gasteiger partial charge is 0.490 e. The average molecular weight is 327 g/mol. The third-order valence-electron chi connectivity index (χ3n) is 4.11. The van der Waals surface area contributed by atoms with Crippen LogP contribution in [0.25, 0.3) is 0 Å². The number of rotatable bonds is 9. The maximum Gasteiger partial charge on any atom is 0.161 e. The van der Waals surface area contributed by atoms with Crippen LogP contribution in [0.4, 0.5) is 0 Å². The Morgan fingerprint density at radius 1 is 0.958 bits per heavy atom. The van der Waals surface area contributed by atoms with E-state index in [1.807, 2.05) is 31.2 Å². The number of hydrogen-bond acceptors (Lipinski definition) is 3. The standard InChI is InChI=1S/C21H29NO2/c1-5-23-20-8-6-7-9-21(20)24-13-12-22-18(4)15-19-11-10-16(2)17(3)14-19/h6-11,14,18,22H,5,12-13,15H2,1-4H3/t18-/m1/s1. The SMILES string of the molecule is CCOc1ccccc1OCCN[C@H](C)Cc1ccc(C)c(C)c1. The number of nitrogens with one attached hydrogen (secondary N) is 1. The predicted molar refractivity (Wildman–Crippen MR) is 100 cm³/mol. The highest BCUT2D eigenvalue weighted by molar-refractivity contribution is 5.39. The molecule has 0 fully saturated rings. The lowest BCUT2D eigenvalue weighted by atomic mass is 10.0. The summed E-state index contributed by atoms with van der Waals surface area (Å²) in [5.74, 6) is 1.62. The third kappa shape index (κ3) is 5.57. The molecule has 0 radical (unpaired) electrons. The first-order valence-electron chi connectivity index (χ1n) is 8.74. The fourth-order valence-electron chi connectivity index (χ4n) is 2.67. The third-order valence-corrected chi connectivity index (χ3v) is 4.11. The van der Waals surface area contributed by atoms with Crippen LogP contribution in [-0.2, 0) is 6.42 Å². The molecule has 24 heavy (non-hydrogen) atoms. The summed E-state index contributed by atoms with van der Waals surface area (Å²) >= 11 is 0. The van der Waals surface area contributed by atoms with Crippen molar-refractivity contribution in [3.05, 3.63) is 59.2 Å². The first-order valence-corrected chi connectivity index (χ1v) is 8.74. The zero-order valence-electron chi connectivity index (χ0n) is 15.3. The summed E-state index contributed by atoms with van der Waals surface area (Å²) in [7, 11) is 0. The molecule has 0 aromatic heterocycles. The van der Waals surface area contributed by atoms with E-state index in [4.69, 9.17) is 9.47 Å². The Morgan fingerprint density at radius 3 is 2.33 bits per heavy atom. The molecule has 0 unspecified atom stereocenters. The Hall–Kier alpha value is -2.00. The van der Waals surface area contributed by atoms with Crippen LogP contribution >= 0.6 is 0 Å². The van der Waals surface area contributed by atoms with Crippen LogP contribution in [0.2, 0.25) is 0 Å². The molecule has 0 saturated carbocycles. The van der Waals surface area contributed by atoms with Gasteiger partial charge in [-0.3, -0.25) is 0 Å². The van der Waals surface area contributed by atoms with Gasteiger partial charge in [0.05, 0.1) is 6.61 Å². The Labute approximate surface area is 146 Å². The smallest absolute Gasteiger partial charge is 0.161 e. The van der Waals surface area contributed by atoms with E-state index in [0.29, 0.717) is 19.3 Å². The zero-order chi connectivity index (χ0) is 17.4.